The first kappa shape index (κ1) is 17.1. The van der Waals surface area contributed by atoms with Crippen LogP contribution in [-0.4, -0.2) is 37.5 Å². The van der Waals surface area contributed by atoms with E-state index in [1.54, 1.807) is 0 Å². The minimum absolute atomic E-state index is 0.157. The summed E-state index contributed by atoms with van der Waals surface area (Å²) in [5.41, 5.74) is 2.34. The van der Waals surface area contributed by atoms with E-state index in [0.717, 1.165) is 24.5 Å². The van der Waals surface area contributed by atoms with Gasteiger partial charge in [-0.25, -0.2) is 0 Å². The average Bonchev–Trinajstić information content (AvgIpc) is 3.05. The third kappa shape index (κ3) is 4.62. The Bertz CT molecular complexity index is 445. The maximum Gasteiger partial charge on any atom is 0.142 e. The van der Waals surface area contributed by atoms with Crippen molar-refractivity contribution in [3.05, 3.63) is 23.8 Å². The zero-order valence-corrected chi connectivity index (χ0v) is 14.0. The van der Waals surface area contributed by atoms with Crippen LogP contribution in [0.4, 0.5) is 5.69 Å². The molecule has 1 saturated carbocycles. The molecule has 1 aliphatic carbocycles. The van der Waals surface area contributed by atoms with E-state index in [9.17, 15) is 5.11 Å². The first-order chi connectivity index (χ1) is 10.8. The molecule has 0 saturated heterocycles. The lowest BCUT2D eigenvalue weighted by Crippen LogP contribution is -2.27. The monoisotopic (exact) mass is 306 g/mol. The van der Waals surface area contributed by atoms with Gasteiger partial charge in [0.05, 0.1) is 18.9 Å². The Balaban J connectivity index is 2.07. The quantitative estimate of drug-likeness (QED) is 0.736. The summed E-state index contributed by atoms with van der Waals surface area (Å²) in [6.45, 7) is 7.32. The van der Waals surface area contributed by atoms with Gasteiger partial charge in [0.1, 0.15) is 5.75 Å². The number of aliphatic hydroxyl groups excluding tert-OH is 1. The highest BCUT2D eigenvalue weighted by atomic mass is 16.5. The van der Waals surface area contributed by atoms with Crippen molar-refractivity contribution < 1.29 is 9.84 Å². The summed E-state index contributed by atoms with van der Waals surface area (Å²) in [4.78, 5) is 2.15. The summed E-state index contributed by atoms with van der Waals surface area (Å²) in [5.74, 6) is 0.920. The zero-order valence-electron chi connectivity index (χ0n) is 14.0. The van der Waals surface area contributed by atoms with Crippen molar-refractivity contribution in [3.63, 3.8) is 0 Å². The summed E-state index contributed by atoms with van der Waals surface area (Å²) < 4.78 is 5.83. The number of rotatable bonds is 9. The molecule has 1 aromatic rings. The molecule has 0 amide bonds. The SMILES string of the molecule is CCOc1cc(CNC2CCCC2)ccc1N(CC)CCO. The summed E-state index contributed by atoms with van der Waals surface area (Å²) in [6, 6.07) is 7.10. The summed E-state index contributed by atoms with van der Waals surface area (Å²) in [7, 11) is 0. The van der Waals surface area contributed by atoms with E-state index in [-0.39, 0.29) is 6.61 Å². The summed E-state index contributed by atoms with van der Waals surface area (Å²) in [5, 5.41) is 12.9. The van der Waals surface area contributed by atoms with Crippen molar-refractivity contribution in [1.82, 2.24) is 5.32 Å². The van der Waals surface area contributed by atoms with Crippen LogP contribution in [-0.2, 0) is 6.54 Å². The summed E-state index contributed by atoms with van der Waals surface area (Å²) >= 11 is 0. The molecular formula is C18H30N2O2. The van der Waals surface area contributed by atoms with Crippen molar-refractivity contribution >= 4 is 5.69 Å². The van der Waals surface area contributed by atoms with Gasteiger partial charge in [-0.1, -0.05) is 18.9 Å². The van der Waals surface area contributed by atoms with Crippen molar-refractivity contribution in [2.75, 3.05) is 31.2 Å². The van der Waals surface area contributed by atoms with Crippen molar-refractivity contribution in [2.45, 2.75) is 52.1 Å². The molecule has 1 fully saturated rings. The summed E-state index contributed by atoms with van der Waals surface area (Å²) in [6.07, 6.45) is 5.31. The van der Waals surface area contributed by atoms with Crippen LogP contribution in [0.2, 0.25) is 0 Å². The van der Waals surface area contributed by atoms with Gasteiger partial charge in [-0.3, -0.25) is 0 Å². The molecule has 124 valence electrons. The normalized spacial score (nSPS) is 15.2. The fourth-order valence-corrected chi connectivity index (χ4v) is 3.16. The largest absolute Gasteiger partial charge is 0.492 e. The maximum absolute atomic E-state index is 9.22. The number of aliphatic hydroxyl groups is 1. The number of benzene rings is 1. The number of likely N-dealkylation sites (N-methyl/N-ethyl adjacent to an activating group) is 1. The van der Waals surface area contributed by atoms with Gasteiger partial charge in [0.25, 0.3) is 0 Å². The van der Waals surface area contributed by atoms with Gasteiger partial charge < -0.3 is 20.1 Å². The third-order valence-corrected chi connectivity index (χ3v) is 4.37. The molecular weight excluding hydrogens is 276 g/mol. The fraction of sp³-hybridized carbons (Fsp3) is 0.667. The van der Waals surface area contributed by atoms with Gasteiger partial charge in [0, 0.05) is 25.7 Å². The molecule has 0 bridgehead atoms. The second-order valence-corrected chi connectivity index (χ2v) is 5.90. The third-order valence-electron chi connectivity index (χ3n) is 4.37. The Labute approximate surface area is 134 Å². The lowest BCUT2D eigenvalue weighted by Gasteiger charge is -2.25. The van der Waals surface area contributed by atoms with Gasteiger partial charge in [-0.2, -0.15) is 0 Å². The van der Waals surface area contributed by atoms with Gasteiger partial charge >= 0.3 is 0 Å². The Hall–Kier alpha value is -1.26. The molecule has 0 spiro atoms. The zero-order chi connectivity index (χ0) is 15.8. The van der Waals surface area contributed by atoms with E-state index in [1.807, 2.05) is 6.92 Å². The topological polar surface area (TPSA) is 44.7 Å². The molecule has 0 aliphatic heterocycles. The van der Waals surface area contributed by atoms with Crippen LogP contribution in [0.3, 0.4) is 0 Å². The van der Waals surface area contributed by atoms with Crippen LogP contribution >= 0.6 is 0 Å². The standard InChI is InChI=1S/C18H30N2O2/c1-3-20(11-12-21)17-10-9-15(13-18(17)22-4-2)14-19-16-7-5-6-8-16/h9-10,13,16,19,21H,3-8,11-12,14H2,1-2H3. The molecule has 0 aromatic heterocycles. The highest BCUT2D eigenvalue weighted by Gasteiger charge is 2.15. The minimum Gasteiger partial charge on any atom is -0.492 e. The van der Waals surface area contributed by atoms with Crippen LogP contribution < -0.4 is 15.0 Å². The molecule has 22 heavy (non-hydrogen) atoms. The molecule has 0 atom stereocenters. The van der Waals surface area contributed by atoms with Crippen LogP contribution in [0.25, 0.3) is 0 Å². The Morgan fingerprint density at radius 1 is 1.27 bits per heavy atom. The van der Waals surface area contributed by atoms with Gasteiger partial charge in [0.2, 0.25) is 0 Å². The minimum atomic E-state index is 0.157. The lowest BCUT2D eigenvalue weighted by atomic mass is 10.1. The maximum atomic E-state index is 9.22. The predicted molar refractivity (Wildman–Crippen MR) is 91.7 cm³/mol. The van der Waals surface area contributed by atoms with Crippen molar-refractivity contribution in [1.29, 1.82) is 0 Å². The number of nitrogens with one attached hydrogen (secondary N) is 1. The highest BCUT2D eigenvalue weighted by Crippen LogP contribution is 2.30. The fourth-order valence-electron chi connectivity index (χ4n) is 3.16. The number of anilines is 1. The first-order valence-electron chi connectivity index (χ1n) is 8.63. The van der Waals surface area contributed by atoms with Crippen molar-refractivity contribution in [3.8, 4) is 5.75 Å². The molecule has 4 heteroatoms. The van der Waals surface area contributed by atoms with Gasteiger partial charge in [0.15, 0.2) is 0 Å². The van der Waals surface area contributed by atoms with E-state index in [2.05, 4.69) is 35.3 Å². The predicted octanol–water partition coefficient (Wildman–Crippen LogP) is 2.94. The Kier molecular flexibility index (Phi) is 7.00. The molecule has 2 N–H and O–H groups in total. The first-order valence-corrected chi connectivity index (χ1v) is 8.63. The van der Waals surface area contributed by atoms with E-state index < -0.39 is 0 Å². The van der Waals surface area contributed by atoms with Crippen LogP contribution in [0.5, 0.6) is 5.75 Å². The number of hydrogen-bond donors (Lipinski definition) is 2. The molecule has 4 nitrogen and oxygen atoms in total. The van der Waals surface area contributed by atoms with Crippen LogP contribution in [0.1, 0.15) is 45.1 Å². The number of ether oxygens (including phenoxy) is 1. The molecule has 2 rings (SSSR count). The molecule has 1 aliphatic rings. The smallest absolute Gasteiger partial charge is 0.142 e. The molecule has 0 unspecified atom stereocenters. The van der Waals surface area contributed by atoms with E-state index in [0.29, 0.717) is 19.2 Å². The Morgan fingerprint density at radius 3 is 2.68 bits per heavy atom. The van der Waals surface area contributed by atoms with E-state index in [1.165, 1.54) is 31.2 Å². The number of hydrogen-bond acceptors (Lipinski definition) is 4. The molecule has 0 radical (unpaired) electrons. The van der Waals surface area contributed by atoms with Gasteiger partial charge in [-0.15, -0.1) is 0 Å². The molecule has 0 heterocycles. The second kappa shape index (κ2) is 9.01. The second-order valence-electron chi connectivity index (χ2n) is 5.90. The van der Waals surface area contributed by atoms with Crippen LogP contribution in [0.15, 0.2) is 18.2 Å². The number of nitrogens with zero attached hydrogens (tertiary/aromatic N) is 1. The highest BCUT2D eigenvalue weighted by molar-refractivity contribution is 5.59. The average molecular weight is 306 g/mol. The Morgan fingerprint density at radius 2 is 2.05 bits per heavy atom. The van der Waals surface area contributed by atoms with Gasteiger partial charge in [-0.05, 0) is 44.4 Å². The van der Waals surface area contributed by atoms with Crippen molar-refractivity contribution in [2.24, 2.45) is 0 Å². The molecule has 1 aromatic carbocycles. The van der Waals surface area contributed by atoms with Crippen LogP contribution in [0, 0.1) is 0 Å². The van der Waals surface area contributed by atoms with E-state index >= 15 is 0 Å². The van der Waals surface area contributed by atoms with E-state index in [4.69, 9.17) is 4.74 Å². The lowest BCUT2D eigenvalue weighted by molar-refractivity contribution is 0.300.